The first-order valence-corrected chi connectivity index (χ1v) is 5.84. The molecule has 2 N–H and O–H groups in total. The predicted octanol–water partition coefficient (Wildman–Crippen LogP) is 0.959. The van der Waals surface area contributed by atoms with E-state index in [1.165, 1.54) is 6.42 Å². The van der Waals surface area contributed by atoms with Crippen molar-refractivity contribution in [3.8, 4) is 0 Å². The van der Waals surface area contributed by atoms with Crippen molar-refractivity contribution in [2.24, 2.45) is 5.73 Å². The second-order valence-corrected chi connectivity index (χ2v) is 4.73. The Hall–Kier alpha value is -0.980. The minimum atomic E-state index is -0.717. The van der Waals surface area contributed by atoms with Crippen LogP contribution in [0.15, 0.2) is 4.52 Å². The van der Waals surface area contributed by atoms with E-state index in [2.05, 4.69) is 10.1 Å². The zero-order valence-corrected chi connectivity index (χ0v) is 10.3. The average Bonchev–Trinajstić information content (AvgIpc) is 2.65. The van der Waals surface area contributed by atoms with Crippen LogP contribution in [0.5, 0.6) is 0 Å². The van der Waals surface area contributed by atoms with E-state index in [4.69, 9.17) is 19.7 Å². The van der Waals surface area contributed by atoms with E-state index in [0.717, 1.165) is 12.8 Å². The second-order valence-electron chi connectivity index (χ2n) is 4.73. The van der Waals surface area contributed by atoms with Gasteiger partial charge in [0.2, 0.25) is 0 Å². The third-order valence-electron chi connectivity index (χ3n) is 2.92. The normalized spacial score (nSPS) is 19.9. The number of hydrogen-bond donors (Lipinski definition) is 1. The van der Waals surface area contributed by atoms with Crippen molar-refractivity contribution in [3.63, 3.8) is 0 Å². The van der Waals surface area contributed by atoms with Gasteiger partial charge in [0.15, 0.2) is 5.82 Å². The Morgan fingerprint density at radius 1 is 1.53 bits per heavy atom. The van der Waals surface area contributed by atoms with Crippen LogP contribution in [0, 0.1) is 0 Å². The first-order valence-electron chi connectivity index (χ1n) is 5.84. The summed E-state index contributed by atoms with van der Waals surface area (Å²) < 4.78 is 15.6. The van der Waals surface area contributed by atoms with Crippen LogP contribution in [0.4, 0.5) is 0 Å². The number of hydrogen-bond acceptors (Lipinski definition) is 6. The molecule has 1 aliphatic carbocycles. The van der Waals surface area contributed by atoms with E-state index in [9.17, 15) is 0 Å². The largest absolute Gasteiger partial charge is 0.376 e. The van der Waals surface area contributed by atoms with Crippen LogP contribution in [-0.2, 0) is 21.6 Å². The minimum absolute atomic E-state index is 0.298. The molecule has 1 unspecified atom stereocenters. The summed E-state index contributed by atoms with van der Waals surface area (Å²) >= 11 is 0. The van der Waals surface area contributed by atoms with Crippen molar-refractivity contribution in [2.45, 2.75) is 44.4 Å². The Morgan fingerprint density at radius 3 is 2.88 bits per heavy atom. The number of nitrogens with two attached hydrogens (primary N) is 1. The summed E-state index contributed by atoms with van der Waals surface area (Å²) in [6.45, 7) is 2.54. The van der Waals surface area contributed by atoms with Crippen molar-refractivity contribution in [1.29, 1.82) is 0 Å². The van der Waals surface area contributed by atoms with Crippen molar-refractivity contribution in [2.75, 3.05) is 13.7 Å². The Bertz CT molecular complexity index is 361. The lowest BCUT2D eigenvalue weighted by molar-refractivity contribution is -0.0222. The van der Waals surface area contributed by atoms with E-state index in [-0.39, 0.29) is 0 Å². The van der Waals surface area contributed by atoms with Crippen LogP contribution in [0.3, 0.4) is 0 Å². The van der Waals surface area contributed by atoms with Gasteiger partial charge in [-0.15, -0.1) is 0 Å². The molecule has 17 heavy (non-hydrogen) atoms. The predicted molar refractivity (Wildman–Crippen MR) is 60.1 cm³/mol. The smallest absolute Gasteiger partial charge is 0.252 e. The van der Waals surface area contributed by atoms with E-state index in [1.807, 2.05) is 6.92 Å². The van der Waals surface area contributed by atoms with Crippen LogP contribution in [0.25, 0.3) is 0 Å². The molecule has 6 nitrogen and oxygen atoms in total. The fraction of sp³-hybridized carbons (Fsp3) is 0.818. The number of rotatable bonds is 6. The van der Waals surface area contributed by atoms with Crippen LogP contribution in [0.2, 0.25) is 0 Å². The molecule has 96 valence electrons. The van der Waals surface area contributed by atoms with Crippen LogP contribution in [-0.4, -0.2) is 30.0 Å². The Morgan fingerprint density at radius 2 is 2.29 bits per heavy atom. The molecule has 1 saturated carbocycles. The summed E-state index contributed by atoms with van der Waals surface area (Å²) in [5, 5.41) is 3.86. The van der Waals surface area contributed by atoms with E-state index >= 15 is 0 Å². The zero-order valence-electron chi connectivity index (χ0n) is 10.3. The van der Waals surface area contributed by atoms with Gasteiger partial charge >= 0.3 is 0 Å². The van der Waals surface area contributed by atoms with Gasteiger partial charge < -0.3 is 19.7 Å². The summed E-state index contributed by atoms with van der Waals surface area (Å²) in [6.07, 6.45) is 3.84. The molecule has 1 aromatic rings. The van der Waals surface area contributed by atoms with Gasteiger partial charge in [-0.05, 0) is 26.2 Å². The monoisotopic (exact) mass is 241 g/mol. The third-order valence-corrected chi connectivity index (χ3v) is 2.92. The van der Waals surface area contributed by atoms with E-state index < -0.39 is 5.54 Å². The number of methoxy groups -OCH3 is 1. The van der Waals surface area contributed by atoms with Gasteiger partial charge in [0, 0.05) is 7.11 Å². The fourth-order valence-electron chi connectivity index (χ4n) is 1.56. The van der Waals surface area contributed by atoms with Crippen LogP contribution < -0.4 is 5.73 Å². The molecule has 0 spiro atoms. The maximum atomic E-state index is 6.12. The molecular formula is C11H19N3O3. The summed E-state index contributed by atoms with van der Waals surface area (Å²) in [5.74, 6) is 0.895. The summed E-state index contributed by atoms with van der Waals surface area (Å²) in [7, 11) is 1.57. The quantitative estimate of drug-likeness (QED) is 0.798. The standard InChI is InChI=1S/C11H19N3O3/c1-11(12,7-16-8-4-3-5-8)10-13-9(6-15-2)17-14-10/h8H,3-7,12H2,1-2H3. The average molecular weight is 241 g/mol. The Balaban J connectivity index is 1.91. The molecule has 0 radical (unpaired) electrons. The molecule has 2 rings (SSSR count). The highest BCUT2D eigenvalue weighted by Gasteiger charge is 2.30. The Labute approximate surface area is 100 Å². The summed E-state index contributed by atoms with van der Waals surface area (Å²) in [6, 6.07) is 0. The maximum Gasteiger partial charge on any atom is 0.252 e. The lowest BCUT2D eigenvalue weighted by Gasteiger charge is -2.29. The highest BCUT2D eigenvalue weighted by molar-refractivity contribution is 5.01. The molecule has 0 aliphatic heterocycles. The molecule has 1 heterocycles. The number of aromatic nitrogens is 2. The van der Waals surface area contributed by atoms with Crippen molar-refractivity contribution in [3.05, 3.63) is 11.7 Å². The van der Waals surface area contributed by atoms with E-state index in [1.54, 1.807) is 7.11 Å². The fourth-order valence-corrected chi connectivity index (χ4v) is 1.56. The lowest BCUT2D eigenvalue weighted by atomic mass is 9.95. The van der Waals surface area contributed by atoms with Gasteiger partial charge in [0.05, 0.1) is 12.7 Å². The molecule has 1 fully saturated rings. The van der Waals surface area contributed by atoms with Crippen molar-refractivity contribution < 1.29 is 14.0 Å². The minimum Gasteiger partial charge on any atom is -0.376 e. The molecule has 0 bridgehead atoms. The van der Waals surface area contributed by atoms with Gasteiger partial charge in [-0.25, -0.2) is 0 Å². The van der Waals surface area contributed by atoms with E-state index in [0.29, 0.717) is 31.0 Å². The third kappa shape index (κ3) is 3.02. The molecule has 1 atom stereocenters. The molecule has 0 aromatic carbocycles. The highest BCUT2D eigenvalue weighted by atomic mass is 16.5. The number of nitrogens with zero attached hydrogens (tertiary/aromatic N) is 2. The number of ether oxygens (including phenoxy) is 2. The van der Waals surface area contributed by atoms with Crippen LogP contribution >= 0.6 is 0 Å². The maximum absolute atomic E-state index is 6.12. The first kappa shape index (κ1) is 12.5. The van der Waals surface area contributed by atoms with Crippen molar-refractivity contribution in [1.82, 2.24) is 10.1 Å². The lowest BCUT2D eigenvalue weighted by Crippen LogP contribution is -2.41. The topological polar surface area (TPSA) is 83.4 Å². The molecular weight excluding hydrogens is 222 g/mol. The molecule has 6 heteroatoms. The van der Waals surface area contributed by atoms with Gasteiger partial charge in [-0.3, -0.25) is 0 Å². The van der Waals surface area contributed by atoms with Gasteiger partial charge in [-0.1, -0.05) is 5.16 Å². The van der Waals surface area contributed by atoms with Gasteiger partial charge in [0.1, 0.15) is 12.1 Å². The molecule has 0 amide bonds. The van der Waals surface area contributed by atoms with Crippen molar-refractivity contribution >= 4 is 0 Å². The molecule has 0 saturated heterocycles. The van der Waals surface area contributed by atoms with Crippen LogP contribution in [0.1, 0.15) is 37.9 Å². The summed E-state index contributed by atoms with van der Waals surface area (Å²) in [4.78, 5) is 4.19. The zero-order chi connectivity index (χ0) is 12.3. The first-order chi connectivity index (χ1) is 8.12. The molecule has 1 aromatic heterocycles. The highest BCUT2D eigenvalue weighted by Crippen LogP contribution is 2.24. The molecule has 1 aliphatic rings. The Kier molecular flexibility index (Phi) is 3.76. The second kappa shape index (κ2) is 5.12. The SMILES string of the molecule is COCc1nc(C(C)(N)COC2CCC2)no1. The van der Waals surface area contributed by atoms with Gasteiger partial charge in [-0.2, -0.15) is 4.98 Å². The summed E-state index contributed by atoms with van der Waals surface area (Å²) in [5.41, 5.74) is 5.41. The van der Waals surface area contributed by atoms with Gasteiger partial charge in [0.25, 0.3) is 5.89 Å².